The summed E-state index contributed by atoms with van der Waals surface area (Å²) in [6.45, 7) is 6.89. The quantitative estimate of drug-likeness (QED) is 0.676. The highest BCUT2D eigenvalue weighted by atomic mass is 33.1. The number of nitrogens with zero attached hydrogens (tertiary/aromatic N) is 4. The third kappa shape index (κ3) is 2.92. The van der Waals surface area contributed by atoms with Gasteiger partial charge in [-0.15, -0.1) is 0 Å². The standard InChI is InChI=1S/C11H22N4S2/c1-8-6-14(5)7-9(2)15(8)11-12-10(13(3)4)16-17-11/h8-9,11H,6-7H2,1-5H3. The third-order valence-corrected chi connectivity index (χ3v) is 5.73. The van der Waals surface area contributed by atoms with Gasteiger partial charge in [0, 0.05) is 39.3 Å². The van der Waals surface area contributed by atoms with Crippen molar-refractivity contribution in [2.24, 2.45) is 4.99 Å². The number of rotatable bonds is 1. The molecule has 2 rings (SSSR count). The summed E-state index contributed by atoms with van der Waals surface area (Å²) in [6.07, 6.45) is 0. The molecule has 2 aliphatic heterocycles. The molecule has 2 heterocycles. The Balaban J connectivity index is 2.07. The van der Waals surface area contributed by atoms with Gasteiger partial charge in [0.2, 0.25) is 0 Å². The van der Waals surface area contributed by atoms with E-state index in [1.807, 2.05) is 10.8 Å². The molecule has 0 saturated carbocycles. The monoisotopic (exact) mass is 274 g/mol. The van der Waals surface area contributed by atoms with Crippen LogP contribution >= 0.6 is 21.6 Å². The van der Waals surface area contributed by atoms with Crippen LogP contribution in [0.25, 0.3) is 0 Å². The Morgan fingerprint density at radius 1 is 1.24 bits per heavy atom. The van der Waals surface area contributed by atoms with Gasteiger partial charge in [0.25, 0.3) is 0 Å². The summed E-state index contributed by atoms with van der Waals surface area (Å²) >= 11 is 0. The summed E-state index contributed by atoms with van der Waals surface area (Å²) in [4.78, 5) is 11.9. The van der Waals surface area contributed by atoms with E-state index in [4.69, 9.17) is 4.99 Å². The molecule has 6 heteroatoms. The molecule has 3 atom stereocenters. The van der Waals surface area contributed by atoms with Crippen LogP contribution in [0, 0.1) is 0 Å². The van der Waals surface area contributed by atoms with E-state index in [2.05, 4.69) is 49.7 Å². The average Bonchev–Trinajstić information content (AvgIpc) is 2.65. The van der Waals surface area contributed by atoms with Gasteiger partial charge in [-0.2, -0.15) is 0 Å². The zero-order chi connectivity index (χ0) is 12.6. The Morgan fingerprint density at radius 3 is 2.29 bits per heavy atom. The molecule has 0 bridgehead atoms. The van der Waals surface area contributed by atoms with Crippen molar-refractivity contribution in [2.45, 2.75) is 31.4 Å². The van der Waals surface area contributed by atoms with Gasteiger partial charge in [0.15, 0.2) is 10.7 Å². The second-order valence-corrected chi connectivity index (χ2v) is 7.40. The lowest BCUT2D eigenvalue weighted by molar-refractivity contribution is 0.0457. The summed E-state index contributed by atoms with van der Waals surface area (Å²) in [7, 11) is 9.99. The molecule has 17 heavy (non-hydrogen) atoms. The Bertz CT molecular complexity index is 296. The van der Waals surface area contributed by atoms with Crippen LogP contribution in [0.15, 0.2) is 4.99 Å². The molecule has 4 nitrogen and oxygen atoms in total. The highest BCUT2D eigenvalue weighted by Gasteiger charge is 2.36. The lowest BCUT2D eigenvalue weighted by atomic mass is 10.1. The molecular formula is C11H22N4S2. The molecule has 0 N–H and O–H groups in total. The van der Waals surface area contributed by atoms with E-state index in [0.29, 0.717) is 12.1 Å². The first-order chi connectivity index (χ1) is 7.99. The van der Waals surface area contributed by atoms with Gasteiger partial charge in [0.1, 0.15) is 0 Å². The zero-order valence-electron chi connectivity index (χ0n) is 11.3. The molecular weight excluding hydrogens is 252 g/mol. The van der Waals surface area contributed by atoms with Crippen molar-refractivity contribution in [1.82, 2.24) is 14.7 Å². The van der Waals surface area contributed by atoms with Crippen molar-refractivity contribution in [3.05, 3.63) is 0 Å². The van der Waals surface area contributed by atoms with Crippen molar-refractivity contribution >= 4 is 26.8 Å². The summed E-state index contributed by atoms with van der Waals surface area (Å²) in [5, 5.41) is 1.14. The zero-order valence-corrected chi connectivity index (χ0v) is 12.9. The van der Waals surface area contributed by atoms with Gasteiger partial charge in [0.05, 0.1) is 0 Å². The van der Waals surface area contributed by atoms with Crippen LogP contribution in [0.4, 0.5) is 0 Å². The summed E-state index contributed by atoms with van der Waals surface area (Å²) < 4.78 is 0. The number of hydrogen-bond acceptors (Lipinski definition) is 6. The number of amidine groups is 1. The second-order valence-electron chi connectivity index (χ2n) is 5.18. The van der Waals surface area contributed by atoms with E-state index in [-0.39, 0.29) is 5.50 Å². The molecule has 0 aliphatic carbocycles. The van der Waals surface area contributed by atoms with Crippen molar-refractivity contribution in [3.8, 4) is 0 Å². The van der Waals surface area contributed by atoms with Gasteiger partial charge in [-0.3, -0.25) is 4.90 Å². The highest BCUT2D eigenvalue weighted by molar-refractivity contribution is 8.82. The second kappa shape index (κ2) is 5.38. The summed E-state index contributed by atoms with van der Waals surface area (Å²) in [5.41, 5.74) is 0.288. The van der Waals surface area contributed by atoms with Crippen LogP contribution in [0.5, 0.6) is 0 Å². The molecule has 0 aromatic heterocycles. The average molecular weight is 274 g/mol. The van der Waals surface area contributed by atoms with Gasteiger partial charge >= 0.3 is 0 Å². The Morgan fingerprint density at radius 2 is 1.82 bits per heavy atom. The molecule has 0 aromatic rings. The fourth-order valence-electron chi connectivity index (χ4n) is 2.56. The van der Waals surface area contributed by atoms with Gasteiger partial charge in [-0.25, -0.2) is 4.99 Å². The van der Waals surface area contributed by atoms with Crippen LogP contribution in [-0.2, 0) is 0 Å². The smallest absolute Gasteiger partial charge is 0.172 e. The molecule has 1 saturated heterocycles. The van der Waals surface area contributed by atoms with Crippen molar-refractivity contribution in [3.63, 3.8) is 0 Å². The Hall–Kier alpha value is 0.0900. The van der Waals surface area contributed by atoms with Gasteiger partial charge in [-0.1, -0.05) is 0 Å². The van der Waals surface area contributed by atoms with Crippen LogP contribution in [0.1, 0.15) is 13.8 Å². The lowest BCUT2D eigenvalue weighted by Crippen LogP contribution is -2.57. The molecule has 98 valence electrons. The minimum absolute atomic E-state index is 0.288. The first kappa shape index (κ1) is 13.5. The van der Waals surface area contributed by atoms with Crippen LogP contribution in [-0.4, -0.2) is 71.7 Å². The maximum absolute atomic E-state index is 4.81. The normalized spacial score (nSPS) is 36.1. The molecule has 0 amide bonds. The fraction of sp³-hybridized carbons (Fsp3) is 0.909. The van der Waals surface area contributed by atoms with Crippen molar-refractivity contribution in [1.29, 1.82) is 0 Å². The molecule has 3 unspecified atom stereocenters. The molecule has 0 radical (unpaired) electrons. The maximum Gasteiger partial charge on any atom is 0.172 e. The highest BCUT2D eigenvalue weighted by Crippen LogP contribution is 2.40. The van der Waals surface area contributed by atoms with Crippen LogP contribution in [0.3, 0.4) is 0 Å². The first-order valence-electron chi connectivity index (χ1n) is 6.03. The number of piperazine rings is 1. The fourth-order valence-corrected chi connectivity index (χ4v) is 5.27. The summed E-state index contributed by atoms with van der Waals surface area (Å²) in [5.74, 6) is 0. The summed E-state index contributed by atoms with van der Waals surface area (Å²) in [6, 6.07) is 1.15. The predicted octanol–water partition coefficient (Wildman–Crippen LogP) is 1.61. The lowest BCUT2D eigenvalue weighted by Gasteiger charge is -2.44. The SMILES string of the molecule is CC1CN(C)CC(C)N1C1N=C(N(C)C)SS1. The largest absolute Gasteiger partial charge is 0.357 e. The predicted molar refractivity (Wildman–Crippen MR) is 78.4 cm³/mol. The van der Waals surface area contributed by atoms with E-state index in [9.17, 15) is 0 Å². The molecule has 1 fully saturated rings. The Labute approximate surface area is 112 Å². The van der Waals surface area contributed by atoms with E-state index in [0.717, 1.165) is 18.3 Å². The van der Waals surface area contributed by atoms with Crippen molar-refractivity contribution in [2.75, 3.05) is 34.2 Å². The minimum atomic E-state index is 0.288. The number of likely N-dealkylation sites (N-methyl/N-ethyl adjacent to an activating group) is 1. The van der Waals surface area contributed by atoms with Gasteiger partial charge in [-0.05, 0) is 42.5 Å². The third-order valence-electron chi connectivity index (χ3n) is 3.24. The van der Waals surface area contributed by atoms with E-state index >= 15 is 0 Å². The molecule has 2 aliphatic rings. The van der Waals surface area contributed by atoms with Gasteiger partial charge < -0.3 is 9.80 Å². The number of aliphatic imine (C=N–C) groups is 1. The topological polar surface area (TPSA) is 22.1 Å². The number of hydrogen-bond donors (Lipinski definition) is 0. The van der Waals surface area contributed by atoms with E-state index in [1.54, 1.807) is 10.8 Å². The Kier molecular flexibility index (Phi) is 4.28. The first-order valence-corrected chi connectivity index (χ1v) is 8.24. The van der Waals surface area contributed by atoms with Crippen LogP contribution in [0.2, 0.25) is 0 Å². The van der Waals surface area contributed by atoms with Crippen LogP contribution < -0.4 is 0 Å². The molecule has 0 aromatic carbocycles. The molecule has 0 spiro atoms. The maximum atomic E-state index is 4.81. The van der Waals surface area contributed by atoms with E-state index < -0.39 is 0 Å². The minimum Gasteiger partial charge on any atom is -0.357 e. The van der Waals surface area contributed by atoms with E-state index in [1.165, 1.54) is 0 Å². The van der Waals surface area contributed by atoms with Crippen molar-refractivity contribution < 1.29 is 0 Å².